The van der Waals surface area contributed by atoms with Crippen molar-refractivity contribution in [2.75, 3.05) is 119 Å². The molecule has 0 spiro atoms. The second-order valence-electron chi connectivity index (χ2n) is 12.7. The Kier molecular flexibility index (Phi) is 28.4. The Morgan fingerprint density at radius 3 is 1.40 bits per heavy atom. The molecule has 0 bridgehead atoms. The predicted molar refractivity (Wildman–Crippen MR) is 199 cm³/mol. The highest BCUT2D eigenvalue weighted by Crippen LogP contribution is 2.07. The highest BCUT2D eigenvalue weighted by atomic mass is 16.6. The van der Waals surface area contributed by atoms with Gasteiger partial charge in [0.2, 0.25) is 17.7 Å². The van der Waals surface area contributed by atoms with Crippen molar-refractivity contribution in [3.8, 4) is 0 Å². The van der Waals surface area contributed by atoms with E-state index in [-0.39, 0.29) is 61.1 Å². The van der Waals surface area contributed by atoms with E-state index in [0.29, 0.717) is 106 Å². The summed E-state index contributed by atoms with van der Waals surface area (Å²) in [7, 11) is 0. The van der Waals surface area contributed by atoms with Crippen LogP contribution in [-0.2, 0) is 66.7 Å². The summed E-state index contributed by atoms with van der Waals surface area (Å²) < 4.78 is 43.5. The highest BCUT2D eigenvalue weighted by molar-refractivity contribution is 6.13. The van der Waals surface area contributed by atoms with E-state index < -0.39 is 23.8 Å². The molecule has 5 amide bonds. The number of imide groups is 1. The summed E-state index contributed by atoms with van der Waals surface area (Å²) in [6.07, 6.45) is 2.49. The molecule has 0 aromatic rings. The van der Waals surface area contributed by atoms with Crippen LogP contribution in [0.1, 0.15) is 40.5 Å². The van der Waals surface area contributed by atoms with Gasteiger partial charge in [0.05, 0.1) is 111 Å². The average Bonchev–Trinajstić information content (AvgIpc) is 3.47. The fourth-order valence-electron chi connectivity index (χ4n) is 4.44. The fraction of sp³-hybridized carbons (Fsp3) is 0.730. The number of hydrogen-bond donors (Lipinski definition) is 3. The topological polar surface area (TPSA) is 216 Å². The Balaban J connectivity index is 1.80. The lowest BCUT2D eigenvalue weighted by Crippen LogP contribution is -2.50. The predicted octanol–water partition coefficient (Wildman–Crippen LogP) is -0.0636. The van der Waals surface area contributed by atoms with Gasteiger partial charge in [-0.25, -0.2) is 0 Å². The zero-order valence-electron chi connectivity index (χ0n) is 32.9. The molecular weight excluding hydrogens is 724 g/mol. The number of ketones is 1. The molecule has 1 atom stereocenters. The molecule has 0 radical (unpaired) electrons. The lowest BCUT2D eigenvalue weighted by Gasteiger charge is -2.22. The summed E-state index contributed by atoms with van der Waals surface area (Å²) in [6, 6.07) is -0.806. The molecule has 55 heavy (non-hydrogen) atoms. The molecule has 0 saturated carbocycles. The standard InChI is InChI=1S/C37H62N4O14/c1-28(2)35(37(47)39-30(5)36(46)29(3)4)40-32(43)9-12-48-14-16-50-18-20-52-22-24-54-26-27-55-25-23-53-21-19-51-17-15-49-13-10-38-31(42)8-11-41-33(44)6-7-34(41)45/h6-7,28-29,35H,5,8-27H2,1-4H3,(H,38,42)(H,39,47)(H,40,43). The number of amides is 5. The Labute approximate surface area is 324 Å². The van der Waals surface area contributed by atoms with Crippen LogP contribution in [0.25, 0.3) is 0 Å². The largest absolute Gasteiger partial charge is 0.379 e. The van der Waals surface area contributed by atoms with Gasteiger partial charge in [0.25, 0.3) is 11.8 Å². The van der Waals surface area contributed by atoms with E-state index in [1.54, 1.807) is 27.7 Å². The number of nitrogens with zero attached hydrogens (tertiary/aromatic N) is 1. The van der Waals surface area contributed by atoms with E-state index in [2.05, 4.69) is 22.5 Å². The zero-order valence-corrected chi connectivity index (χ0v) is 32.9. The minimum Gasteiger partial charge on any atom is -0.379 e. The van der Waals surface area contributed by atoms with Crippen LogP contribution in [0.2, 0.25) is 0 Å². The molecule has 0 saturated heterocycles. The molecule has 18 nitrogen and oxygen atoms in total. The summed E-state index contributed by atoms with van der Waals surface area (Å²) >= 11 is 0. The van der Waals surface area contributed by atoms with E-state index in [1.165, 1.54) is 12.2 Å². The molecule has 314 valence electrons. The van der Waals surface area contributed by atoms with Crippen molar-refractivity contribution in [2.45, 2.75) is 46.6 Å². The number of hydrogen-bond acceptors (Lipinski definition) is 14. The first-order valence-electron chi connectivity index (χ1n) is 18.7. The van der Waals surface area contributed by atoms with Gasteiger partial charge in [0.1, 0.15) is 6.04 Å². The van der Waals surface area contributed by atoms with Gasteiger partial charge in [-0.05, 0) is 5.92 Å². The van der Waals surface area contributed by atoms with Crippen LogP contribution in [0, 0.1) is 11.8 Å². The smallest absolute Gasteiger partial charge is 0.253 e. The van der Waals surface area contributed by atoms with Crippen LogP contribution < -0.4 is 16.0 Å². The normalized spacial score (nSPS) is 13.2. The van der Waals surface area contributed by atoms with Crippen molar-refractivity contribution in [1.82, 2.24) is 20.9 Å². The molecular formula is C37H62N4O14. The Morgan fingerprint density at radius 1 is 0.600 bits per heavy atom. The monoisotopic (exact) mass is 786 g/mol. The Hall–Kier alpha value is -3.62. The fourth-order valence-corrected chi connectivity index (χ4v) is 4.44. The molecule has 0 aliphatic carbocycles. The van der Waals surface area contributed by atoms with Crippen LogP contribution in [0.5, 0.6) is 0 Å². The van der Waals surface area contributed by atoms with Gasteiger partial charge in [-0.1, -0.05) is 34.3 Å². The van der Waals surface area contributed by atoms with Gasteiger partial charge in [0, 0.05) is 44.0 Å². The summed E-state index contributed by atoms with van der Waals surface area (Å²) in [5, 5.41) is 7.86. The van der Waals surface area contributed by atoms with Gasteiger partial charge in [-0.2, -0.15) is 0 Å². The Bertz CT molecular complexity index is 1180. The molecule has 1 aliphatic rings. The average molecular weight is 787 g/mol. The lowest BCUT2D eigenvalue weighted by molar-refractivity contribution is -0.137. The van der Waals surface area contributed by atoms with Gasteiger partial charge in [-0.15, -0.1) is 0 Å². The van der Waals surface area contributed by atoms with Gasteiger partial charge >= 0.3 is 0 Å². The summed E-state index contributed by atoms with van der Waals surface area (Å²) in [4.78, 5) is 72.6. The van der Waals surface area contributed by atoms with Crippen molar-refractivity contribution < 1.29 is 66.7 Å². The van der Waals surface area contributed by atoms with E-state index in [9.17, 15) is 28.8 Å². The number of ether oxygens (including phenoxy) is 8. The first kappa shape index (κ1) is 49.4. The second kappa shape index (κ2) is 31.6. The molecule has 1 aliphatic heterocycles. The van der Waals surface area contributed by atoms with Crippen LogP contribution in [0.4, 0.5) is 0 Å². The van der Waals surface area contributed by atoms with E-state index >= 15 is 0 Å². The maximum atomic E-state index is 12.6. The minimum absolute atomic E-state index is 0.00921. The van der Waals surface area contributed by atoms with Gasteiger partial charge < -0.3 is 53.8 Å². The SMILES string of the molecule is C=C(NC(=O)C(NC(=O)CCOCCOCCOCCOCCOCCOCCOCCOCCNC(=O)CCN1C(=O)C=CC1=O)C(C)C)C(=O)C(C)C. The number of carbonyl (C=O) groups is 6. The molecule has 0 fully saturated rings. The number of carbonyl (C=O) groups excluding carboxylic acids is 6. The van der Waals surface area contributed by atoms with Crippen LogP contribution in [0.3, 0.4) is 0 Å². The molecule has 1 unspecified atom stereocenters. The number of allylic oxidation sites excluding steroid dienone is 1. The summed E-state index contributed by atoms with van der Waals surface area (Å²) in [5.41, 5.74) is 0.00921. The van der Waals surface area contributed by atoms with Crippen molar-refractivity contribution >= 4 is 35.3 Å². The molecule has 18 heteroatoms. The second-order valence-corrected chi connectivity index (χ2v) is 12.7. The molecule has 0 aromatic heterocycles. The van der Waals surface area contributed by atoms with Crippen LogP contribution >= 0.6 is 0 Å². The molecule has 1 heterocycles. The minimum atomic E-state index is -0.806. The van der Waals surface area contributed by atoms with Crippen LogP contribution in [0.15, 0.2) is 24.4 Å². The summed E-state index contributed by atoms with van der Waals surface area (Å²) in [5.74, 6) is -2.65. The van der Waals surface area contributed by atoms with E-state index in [0.717, 1.165) is 4.90 Å². The van der Waals surface area contributed by atoms with Crippen molar-refractivity contribution in [3.05, 3.63) is 24.4 Å². The maximum Gasteiger partial charge on any atom is 0.253 e. The molecule has 3 N–H and O–H groups in total. The highest BCUT2D eigenvalue weighted by Gasteiger charge is 2.26. The Morgan fingerprint density at radius 2 is 1.00 bits per heavy atom. The first-order valence-corrected chi connectivity index (χ1v) is 18.7. The maximum absolute atomic E-state index is 12.6. The quantitative estimate of drug-likeness (QED) is 0.0431. The number of nitrogens with one attached hydrogen (secondary N) is 3. The van der Waals surface area contributed by atoms with E-state index in [1.807, 2.05) is 0 Å². The van der Waals surface area contributed by atoms with Gasteiger partial charge in [-0.3, -0.25) is 33.7 Å². The van der Waals surface area contributed by atoms with E-state index in [4.69, 9.17) is 37.9 Å². The third-order valence-corrected chi connectivity index (χ3v) is 7.47. The zero-order chi connectivity index (χ0) is 40.7. The molecule has 1 rings (SSSR count). The number of Topliss-reactive ketones (excluding diaryl/α,β-unsaturated/α-hetero) is 1. The third kappa shape index (κ3) is 25.2. The third-order valence-electron chi connectivity index (χ3n) is 7.47. The summed E-state index contributed by atoms with van der Waals surface area (Å²) in [6.45, 7) is 17.1. The van der Waals surface area contributed by atoms with Gasteiger partial charge in [0.15, 0.2) is 5.78 Å². The van der Waals surface area contributed by atoms with Crippen molar-refractivity contribution in [2.24, 2.45) is 11.8 Å². The van der Waals surface area contributed by atoms with Crippen LogP contribution in [-0.4, -0.2) is 165 Å². The van der Waals surface area contributed by atoms with Crippen molar-refractivity contribution in [1.29, 1.82) is 0 Å². The lowest BCUT2D eigenvalue weighted by atomic mass is 10.0. The molecule has 0 aromatic carbocycles. The number of rotatable bonds is 36. The van der Waals surface area contributed by atoms with Crippen molar-refractivity contribution in [3.63, 3.8) is 0 Å². The first-order chi connectivity index (χ1) is 26.4.